The van der Waals surface area contributed by atoms with Gasteiger partial charge in [-0.3, -0.25) is 9.69 Å². The Bertz CT molecular complexity index is 286. The molecule has 17 heavy (non-hydrogen) atoms. The number of hydrogen-bond donors (Lipinski definition) is 0. The van der Waals surface area contributed by atoms with Gasteiger partial charge in [-0.15, -0.1) is 0 Å². The molecule has 0 N–H and O–H groups in total. The van der Waals surface area contributed by atoms with Crippen LogP contribution in [0.25, 0.3) is 0 Å². The molecule has 1 aliphatic rings. The molecule has 4 heteroatoms. The third kappa shape index (κ3) is 3.71. The van der Waals surface area contributed by atoms with Gasteiger partial charge in [-0.1, -0.05) is 13.3 Å². The molecule has 1 saturated heterocycles. The Morgan fingerprint density at radius 2 is 2.29 bits per heavy atom. The maximum absolute atomic E-state index is 11.9. The van der Waals surface area contributed by atoms with E-state index < -0.39 is 0 Å². The molecule has 0 saturated carbocycles. The molecule has 1 fully saturated rings. The molecular weight excluding hydrogens is 216 g/mol. The van der Waals surface area contributed by atoms with E-state index in [0.29, 0.717) is 13.0 Å². The maximum atomic E-state index is 11.9. The number of hydrogen-bond acceptors (Lipinski definition) is 4. The van der Waals surface area contributed by atoms with Crippen LogP contribution in [-0.2, 0) is 9.53 Å². The second-order valence-corrected chi connectivity index (χ2v) is 4.43. The minimum Gasteiger partial charge on any atom is -0.465 e. The van der Waals surface area contributed by atoms with Gasteiger partial charge in [-0.05, 0) is 32.7 Å². The highest BCUT2D eigenvalue weighted by molar-refractivity contribution is 5.75. The highest BCUT2D eigenvalue weighted by atomic mass is 16.5. The van der Waals surface area contributed by atoms with Crippen molar-refractivity contribution < 1.29 is 9.53 Å². The highest BCUT2D eigenvalue weighted by Gasteiger charge is 2.33. The molecule has 0 radical (unpaired) electrons. The molecule has 1 aliphatic heterocycles. The van der Waals surface area contributed by atoms with Crippen LogP contribution in [0.4, 0.5) is 0 Å². The van der Waals surface area contributed by atoms with E-state index in [-0.39, 0.29) is 18.1 Å². The molecule has 0 amide bonds. The molecule has 0 aromatic heterocycles. The van der Waals surface area contributed by atoms with Crippen LogP contribution in [0.1, 0.15) is 46.0 Å². The Morgan fingerprint density at radius 3 is 2.88 bits per heavy atom. The molecule has 1 heterocycles. The number of nitriles is 1. The summed E-state index contributed by atoms with van der Waals surface area (Å²) < 4.78 is 5.12. The van der Waals surface area contributed by atoms with Gasteiger partial charge in [0.1, 0.15) is 6.04 Å². The van der Waals surface area contributed by atoms with E-state index in [1.165, 1.54) is 0 Å². The van der Waals surface area contributed by atoms with Gasteiger partial charge in [0.25, 0.3) is 0 Å². The number of ether oxygens (including phenoxy) is 1. The van der Waals surface area contributed by atoms with E-state index in [0.717, 1.165) is 32.2 Å². The zero-order valence-corrected chi connectivity index (χ0v) is 10.8. The molecular formula is C13H22N2O2. The van der Waals surface area contributed by atoms with Crippen molar-refractivity contribution >= 4 is 5.97 Å². The quantitative estimate of drug-likeness (QED) is 0.688. The van der Waals surface area contributed by atoms with E-state index in [9.17, 15) is 4.79 Å². The van der Waals surface area contributed by atoms with Crippen molar-refractivity contribution in [2.24, 2.45) is 0 Å². The average Bonchev–Trinajstić information content (AvgIpc) is 2.36. The summed E-state index contributed by atoms with van der Waals surface area (Å²) in [7, 11) is 0. The molecule has 0 aromatic rings. The van der Waals surface area contributed by atoms with E-state index in [1.807, 2.05) is 6.92 Å². The maximum Gasteiger partial charge on any atom is 0.323 e. The van der Waals surface area contributed by atoms with E-state index >= 15 is 0 Å². The SMILES string of the molecule is CCOC(=O)C1CCCCN1C(CC)CC#N. The van der Waals surface area contributed by atoms with Crippen LogP contribution in [0, 0.1) is 11.3 Å². The lowest BCUT2D eigenvalue weighted by atomic mass is 9.97. The van der Waals surface area contributed by atoms with Crippen molar-refractivity contribution in [3.8, 4) is 6.07 Å². The molecule has 0 bridgehead atoms. The van der Waals surface area contributed by atoms with Gasteiger partial charge in [0, 0.05) is 6.04 Å². The largest absolute Gasteiger partial charge is 0.465 e. The van der Waals surface area contributed by atoms with Crippen molar-refractivity contribution in [2.45, 2.75) is 58.0 Å². The van der Waals surface area contributed by atoms with Crippen molar-refractivity contribution in [3.63, 3.8) is 0 Å². The minimum atomic E-state index is -0.137. The first kappa shape index (κ1) is 14.0. The highest BCUT2D eigenvalue weighted by Crippen LogP contribution is 2.23. The number of esters is 1. The van der Waals surface area contributed by atoms with Gasteiger partial charge in [-0.2, -0.15) is 5.26 Å². The Hall–Kier alpha value is -1.08. The number of rotatable bonds is 5. The molecule has 96 valence electrons. The number of nitrogens with zero attached hydrogens (tertiary/aromatic N) is 2. The fraction of sp³-hybridized carbons (Fsp3) is 0.846. The van der Waals surface area contributed by atoms with Crippen LogP contribution in [0.15, 0.2) is 0 Å². The number of likely N-dealkylation sites (tertiary alicyclic amines) is 1. The van der Waals surface area contributed by atoms with Crippen LogP contribution in [0.2, 0.25) is 0 Å². The van der Waals surface area contributed by atoms with E-state index in [1.54, 1.807) is 0 Å². The predicted octanol–water partition coefficient (Wildman–Crippen LogP) is 2.10. The van der Waals surface area contributed by atoms with Crippen LogP contribution < -0.4 is 0 Å². The van der Waals surface area contributed by atoms with Gasteiger partial charge in [-0.25, -0.2) is 0 Å². The second-order valence-electron chi connectivity index (χ2n) is 4.43. The first-order valence-corrected chi connectivity index (χ1v) is 6.53. The summed E-state index contributed by atoms with van der Waals surface area (Å²) in [6.07, 6.45) is 4.44. The fourth-order valence-corrected chi connectivity index (χ4v) is 2.48. The Morgan fingerprint density at radius 1 is 1.53 bits per heavy atom. The molecule has 0 spiro atoms. The third-order valence-electron chi connectivity index (χ3n) is 3.37. The monoisotopic (exact) mass is 238 g/mol. The van der Waals surface area contributed by atoms with E-state index in [2.05, 4.69) is 17.9 Å². The minimum absolute atomic E-state index is 0.122. The van der Waals surface area contributed by atoms with Gasteiger partial charge >= 0.3 is 5.97 Å². The lowest BCUT2D eigenvalue weighted by Crippen LogP contribution is -2.50. The summed E-state index contributed by atoms with van der Waals surface area (Å²) in [5, 5.41) is 8.83. The molecule has 2 unspecified atom stereocenters. The fourth-order valence-electron chi connectivity index (χ4n) is 2.48. The van der Waals surface area contributed by atoms with Crippen LogP contribution >= 0.6 is 0 Å². The predicted molar refractivity (Wildman–Crippen MR) is 65.3 cm³/mol. The van der Waals surface area contributed by atoms with Crippen LogP contribution in [0.5, 0.6) is 0 Å². The standard InChI is InChI=1S/C13H22N2O2/c1-3-11(8-9-14)15-10-6-5-7-12(15)13(16)17-4-2/h11-12H,3-8,10H2,1-2H3. The Kier molecular flexibility index (Phi) is 5.99. The average molecular weight is 238 g/mol. The number of piperidine rings is 1. The summed E-state index contributed by atoms with van der Waals surface area (Å²) in [5.74, 6) is -0.122. The van der Waals surface area contributed by atoms with E-state index in [4.69, 9.17) is 10.00 Å². The van der Waals surface area contributed by atoms with Gasteiger partial charge in [0.05, 0.1) is 19.1 Å². The van der Waals surface area contributed by atoms with Crippen molar-refractivity contribution in [1.29, 1.82) is 5.26 Å². The number of carbonyl (C=O) groups is 1. The lowest BCUT2D eigenvalue weighted by molar-refractivity contribution is -0.152. The molecule has 1 rings (SSSR count). The molecule has 0 aromatic carbocycles. The third-order valence-corrected chi connectivity index (χ3v) is 3.37. The molecule has 0 aliphatic carbocycles. The molecule has 2 atom stereocenters. The van der Waals surface area contributed by atoms with Crippen LogP contribution in [-0.4, -0.2) is 36.1 Å². The van der Waals surface area contributed by atoms with Crippen molar-refractivity contribution in [1.82, 2.24) is 4.90 Å². The first-order valence-electron chi connectivity index (χ1n) is 6.53. The summed E-state index contributed by atoms with van der Waals surface area (Å²) in [4.78, 5) is 14.1. The van der Waals surface area contributed by atoms with Crippen LogP contribution in [0.3, 0.4) is 0 Å². The van der Waals surface area contributed by atoms with Gasteiger partial charge < -0.3 is 4.74 Å². The number of carbonyl (C=O) groups excluding carboxylic acids is 1. The summed E-state index contributed by atoms with van der Waals surface area (Å²) in [6.45, 7) is 5.23. The first-order chi connectivity index (χ1) is 8.24. The smallest absolute Gasteiger partial charge is 0.323 e. The van der Waals surface area contributed by atoms with Gasteiger partial charge in [0.15, 0.2) is 0 Å². The lowest BCUT2D eigenvalue weighted by Gasteiger charge is -2.38. The molecule has 4 nitrogen and oxygen atoms in total. The zero-order chi connectivity index (χ0) is 12.7. The van der Waals surface area contributed by atoms with Gasteiger partial charge in [0.2, 0.25) is 0 Å². The van der Waals surface area contributed by atoms with Crippen molar-refractivity contribution in [2.75, 3.05) is 13.2 Å². The second kappa shape index (κ2) is 7.29. The van der Waals surface area contributed by atoms with Crippen molar-refractivity contribution in [3.05, 3.63) is 0 Å². The summed E-state index contributed by atoms with van der Waals surface area (Å²) in [6, 6.07) is 2.27. The Labute approximate surface area is 104 Å². The zero-order valence-electron chi connectivity index (χ0n) is 10.8. The topological polar surface area (TPSA) is 53.3 Å². The normalized spacial score (nSPS) is 22.8. The summed E-state index contributed by atoms with van der Waals surface area (Å²) in [5.41, 5.74) is 0. The Balaban J connectivity index is 2.70. The summed E-state index contributed by atoms with van der Waals surface area (Å²) >= 11 is 0.